The SMILES string of the molecule is CC[C@H](N)C(C)(C)CC(C)(C)O. The van der Waals surface area contributed by atoms with Gasteiger partial charge in [0, 0.05) is 6.04 Å². The average molecular weight is 173 g/mol. The highest BCUT2D eigenvalue weighted by Crippen LogP contribution is 2.31. The van der Waals surface area contributed by atoms with Crippen molar-refractivity contribution in [3.8, 4) is 0 Å². The summed E-state index contributed by atoms with van der Waals surface area (Å²) < 4.78 is 0. The minimum absolute atomic E-state index is 0.0208. The molecule has 1 atom stereocenters. The molecule has 0 unspecified atom stereocenters. The van der Waals surface area contributed by atoms with E-state index in [1.807, 2.05) is 13.8 Å². The van der Waals surface area contributed by atoms with Crippen molar-refractivity contribution in [3.63, 3.8) is 0 Å². The van der Waals surface area contributed by atoms with Crippen LogP contribution in [0.15, 0.2) is 0 Å². The minimum atomic E-state index is -0.615. The molecule has 0 bridgehead atoms. The Kier molecular flexibility index (Phi) is 3.73. The Morgan fingerprint density at radius 3 is 1.92 bits per heavy atom. The Hall–Kier alpha value is -0.0800. The fourth-order valence-electron chi connectivity index (χ4n) is 1.80. The van der Waals surface area contributed by atoms with Crippen molar-refractivity contribution in [2.75, 3.05) is 0 Å². The lowest BCUT2D eigenvalue weighted by atomic mass is 9.75. The first-order chi connectivity index (χ1) is 5.19. The Morgan fingerprint density at radius 2 is 1.67 bits per heavy atom. The van der Waals surface area contributed by atoms with Crippen molar-refractivity contribution in [1.82, 2.24) is 0 Å². The summed E-state index contributed by atoms with van der Waals surface area (Å²) in [5.74, 6) is 0. The molecule has 3 N–H and O–H groups in total. The van der Waals surface area contributed by atoms with Gasteiger partial charge in [-0.05, 0) is 32.1 Å². The summed E-state index contributed by atoms with van der Waals surface area (Å²) in [6, 6.07) is 0.170. The van der Waals surface area contributed by atoms with Gasteiger partial charge in [-0.15, -0.1) is 0 Å². The molecule has 0 heterocycles. The summed E-state index contributed by atoms with van der Waals surface area (Å²) in [6.07, 6.45) is 1.71. The van der Waals surface area contributed by atoms with Gasteiger partial charge in [0.1, 0.15) is 0 Å². The summed E-state index contributed by atoms with van der Waals surface area (Å²) in [6.45, 7) is 9.96. The first-order valence-electron chi connectivity index (χ1n) is 4.67. The standard InChI is InChI=1S/C10H23NO/c1-6-8(11)9(2,3)7-10(4,5)12/h8,12H,6-7,11H2,1-5H3/t8-/m0/s1. The van der Waals surface area contributed by atoms with Crippen molar-refractivity contribution in [3.05, 3.63) is 0 Å². The van der Waals surface area contributed by atoms with Gasteiger partial charge in [0.05, 0.1) is 5.60 Å². The summed E-state index contributed by atoms with van der Waals surface area (Å²) in [5.41, 5.74) is 5.35. The van der Waals surface area contributed by atoms with E-state index in [9.17, 15) is 5.11 Å². The van der Waals surface area contributed by atoms with Gasteiger partial charge in [-0.25, -0.2) is 0 Å². The normalized spacial score (nSPS) is 16.2. The van der Waals surface area contributed by atoms with Crippen molar-refractivity contribution in [2.45, 2.75) is 59.1 Å². The minimum Gasteiger partial charge on any atom is -0.390 e. The van der Waals surface area contributed by atoms with Crippen LogP contribution in [0.25, 0.3) is 0 Å². The third-order valence-corrected chi connectivity index (χ3v) is 2.33. The molecule has 0 aliphatic carbocycles. The van der Waals surface area contributed by atoms with Crippen LogP contribution in [-0.4, -0.2) is 16.7 Å². The third kappa shape index (κ3) is 4.07. The van der Waals surface area contributed by atoms with Crippen LogP contribution in [0.5, 0.6) is 0 Å². The molecule has 74 valence electrons. The van der Waals surface area contributed by atoms with E-state index in [4.69, 9.17) is 5.73 Å². The van der Waals surface area contributed by atoms with Gasteiger partial charge in [0.15, 0.2) is 0 Å². The molecule has 0 spiro atoms. The van der Waals surface area contributed by atoms with Crippen molar-refractivity contribution in [1.29, 1.82) is 0 Å². The fraction of sp³-hybridized carbons (Fsp3) is 1.00. The molecule has 0 aromatic rings. The molecule has 12 heavy (non-hydrogen) atoms. The Labute approximate surface area is 76.2 Å². The Morgan fingerprint density at radius 1 is 1.25 bits per heavy atom. The zero-order chi connectivity index (χ0) is 9.99. The van der Waals surface area contributed by atoms with E-state index in [1.54, 1.807) is 0 Å². The van der Waals surface area contributed by atoms with Crippen LogP contribution >= 0.6 is 0 Å². The summed E-state index contributed by atoms with van der Waals surface area (Å²) in [4.78, 5) is 0. The molecule has 0 radical (unpaired) electrons. The van der Waals surface area contributed by atoms with Gasteiger partial charge in [-0.2, -0.15) is 0 Å². The molecule has 0 aromatic carbocycles. The molecule has 2 heteroatoms. The lowest BCUT2D eigenvalue weighted by molar-refractivity contribution is 0.0233. The van der Waals surface area contributed by atoms with Crippen LogP contribution in [-0.2, 0) is 0 Å². The molecule has 0 saturated carbocycles. The van der Waals surface area contributed by atoms with Gasteiger partial charge < -0.3 is 10.8 Å². The number of hydrogen-bond acceptors (Lipinski definition) is 2. The topological polar surface area (TPSA) is 46.2 Å². The monoisotopic (exact) mass is 173 g/mol. The van der Waals surface area contributed by atoms with Crippen LogP contribution in [0.2, 0.25) is 0 Å². The average Bonchev–Trinajstić information content (AvgIpc) is 1.80. The van der Waals surface area contributed by atoms with E-state index in [1.165, 1.54) is 0 Å². The highest BCUT2D eigenvalue weighted by atomic mass is 16.3. The summed E-state index contributed by atoms with van der Waals surface area (Å²) >= 11 is 0. The molecule has 0 rings (SSSR count). The second-order valence-electron chi connectivity index (χ2n) is 4.99. The highest BCUT2D eigenvalue weighted by Gasteiger charge is 2.31. The largest absolute Gasteiger partial charge is 0.390 e. The van der Waals surface area contributed by atoms with Crippen LogP contribution in [0.1, 0.15) is 47.5 Å². The van der Waals surface area contributed by atoms with E-state index in [-0.39, 0.29) is 11.5 Å². The molecule has 0 aromatic heterocycles. The van der Waals surface area contributed by atoms with Crippen molar-refractivity contribution in [2.24, 2.45) is 11.1 Å². The Bertz CT molecular complexity index is 135. The predicted molar refractivity (Wildman–Crippen MR) is 53.0 cm³/mol. The number of hydrogen-bond donors (Lipinski definition) is 2. The fourth-order valence-corrected chi connectivity index (χ4v) is 1.80. The summed E-state index contributed by atoms with van der Waals surface area (Å²) in [5, 5.41) is 9.64. The maximum Gasteiger partial charge on any atom is 0.0597 e. The van der Waals surface area contributed by atoms with E-state index in [0.717, 1.165) is 12.8 Å². The molecular formula is C10H23NO. The summed E-state index contributed by atoms with van der Waals surface area (Å²) in [7, 11) is 0. The van der Waals surface area contributed by atoms with E-state index >= 15 is 0 Å². The lowest BCUT2D eigenvalue weighted by Crippen LogP contribution is -2.41. The second-order valence-corrected chi connectivity index (χ2v) is 4.99. The number of nitrogens with two attached hydrogens (primary N) is 1. The van der Waals surface area contributed by atoms with Gasteiger partial charge in [-0.3, -0.25) is 0 Å². The van der Waals surface area contributed by atoms with Crippen molar-refractivity contribution < 1.29 is 5.11 Å². The number of aliphatic hydroxyl groups is 1. The number of rotatable bonds is 4. The van der Waals surface area contributed by atoms with Gasteiger partial charge in [0.2, 0.25) is 0 Å². The Balaban J connectivity index is 4.22. The van der Waals surface area contributed by atoms with Crippen LogP contribution in [0, 0.1) is 5.41 Å². The third-order valence-electron chi connectivity index (χ3n) is 2.33. The molecule has 2 nitrogen and oxygen atoms in total. The maximum atomic E-state index is 9.64. The van der Waals surface area contributed by atoms with Crippen molar-refractivity contribution >= 4 is 0 Å². The predicted octanol–water partition coefficient (Wildman–Crippen LogP) is 1.91. The molecule has 0 aliphatic heterocycles. The van der Waals surface area contributed by atoms with E-state index in [0.29, 0.717) is 0 Å². The highest BCUT2D eigenvalue weighted by molar-refractivity contribution is 4.85. The molecule has 0 amide bonds. The zero-order valence-corrected chi connectivity index (χ0v) is 9.02. The lowest BCUT2D eigenvalue weighted by Gasteiger charge is -2.36. The first-order valence-corrected chi connectivity index (χ1v) is 4.67. The van der Waals surface area contributed by atoms with Gasteiger partial charge >= 0.3 is 0 Å². The van der Waals surface area contributed by atoms with Crippen LogP contribution in [0.3, 0.4) is 0 Å². The van der Waals surface area contributed by atoms with E-state index < -0.39 is 5.60 Å². The zero-order valence-electron chi connectivity index (χ0n) is 9.02. The van der Waals surface area contributed by atoms with E-state index in [2.05, 4.69) is 20.8 Å². The molecular weight excluding hydrogens is 150 g/mol. The van der Waals surface area contributed by atoms with Crippen LogP contribution in [0.4, 0.5) is 0 Å². The maximum absolute atomic E-state index is 9.64. The smallest absolute Gasteiger partial charge is 0.0597 e. The first kappa shape index (κ1) is 11.9. The quantitative estimate of drug-likeness (QED) is 0.682. The van der Waals surface area contributed by atoms with Crippen LogP contribution < -0.4 is 5.73 Å². The second kappa shape index (κ2) is 3.75. The molecule has 0 aliphatic rings. The molecule has 0 saturated heterocycles. The molecule has 0 fully saturated rings. The van der Waals surface area contributed by atoms with Gasteiger partial charge in [-0.1, -0.05) is 20.8 Å². The van der Waals surface area contributed by atoms with Gasteiger partial charge in [0.25, 0.3) is 0 Å².